The number of hydrogen-bond acceptors (Lipinski definition) is 2. The Morgan fingerprint density at radius 2 is 2.19 bits per heavy atom. The standard InChI is InChI=1S/C12H14N2O2/c1-7(2)9-4-5-14-8(3)13-11(12(15)16)10(14)6-9/h4-7H,1-3H3,(H,15,16). The van der Waals surface area contributed by atoms with E-state index in [4.69, 9.17) is 5.11 Å². The van der Waals surface area contributed by atoms with Gasteiger partial charge in [-0.2, -0.15) is 0 Å². The molecule has 0 aliphatic rings. The van der Waals surface area contributed by atoms with E-state index >= 15 is 0 Å². The Bertz CT molecular complexity index is 555. The molecule has 0 unspecified atom stereocenters. The van der Waals surface area contributed by atoms with Gasteiger partial charge in [-0.15, -0.1) is 0 Å². The van der Waals surface area contributed by atoms with Gasteiger partial charge in [-0.3, -0.25) is 0 Å². The van der Waals surface area contributed by atoms with Crippen LogP contribution in [0.3, 0.4) is 0 Å². The van der Waals surface area contributed by atoms with Gasteiger partial charge >= 0.3 is 5.97 Å². The molecule has 16 heavy (non-hydrogen) atoms. The summed E-state index contributed by atoms with van der Waals surface area (Å²) in [7, 11) is 0. The number of aromatic carboxylic acids is 1. The van der Waals surface area contributed by atoms with Crippen molar-refractivity contribution in [3.05, 3.63) is 35.4 Å². The Labute approximate surface area is 93.5 Å². The summed E-state index contributed by atoms with van der Waals surface area (Å²) in [6.45, 7) is 5.96. The number of carboxylic acid groups (broad SMARTS) is 1. The first-order valence-corrected chi connectivity index (χ1v) is 5.22. The Kier molecular flexibility index (Phi) is 2.42. The predicted molar refractivity (Wildman–Crippen MR) is 61.0 cm³/mol. The van der Waals surface area contributed by atoms with Crippen LogP contribution in [-0.2, 0) is 0 Å². The number of carboxylic acids is 1. The quantitative estimate of drug-likeness (QED) is 0.842. The summed E-state index contributed by atoms with van der Waals surface area (Å²) in [5, 5.41) is 9.05. The zero-order valence-electron chi connectivity index (χ0n) is 9.56. The lowest BCUT2D eigenvalue weighted by molar-refractivity contribution is 0.0693. The zero-order valence-corrected chi connectivity index (χ0v) is 9.56. The maximum absolute atomic E-state index is 11.0. The minimum absolute atomic E-state index is 0.125. The van der Waals surface area contributed by atoms with E-state index in [9.17, 15) is 4.79 Å². The second-order valence-corrected chi connectivity index (χ2v) is 4.18. The molecule has 0 atom stereocenters. The lowest BCUT2D eigenvalue weighted by Crippen LogP contribution is -1.98. The number of aromatic nitrogens is 2. The molecular weight excluding hydrogens is 204 g/mol. The molecule has 84 valence electrons. The molecule has 2 aromatic heterocycles. The monoisotopic (exact) mass is 218 g/mol. The second-order valence-electron chi connectivity index (χ2n) is 4.18. The van der Waals surface area contributed by atoms with Crippen molar-refractivity contribution < 1.29 is 9.90 Å². The lowest BCUT2D eigenvalue weighted by Gasteiger charge is -2.06. The molecule has 4 heteroatoms. The van der Waals surface area contributed by atoms with E-state index in [0.29, 0.717) is 17.3 Å². The van der Waals surface area contributed by atoms with Crippen LogP contribution in [0, 0.1) is 6.92 Å². The number of imidazole rings is 1. The SMILES string of the molecule is Cc1nc(C(=O)O)c2cc(C(C)C)ccn12. The summed E-state index contributed by atoms with van der Waals surface area (Å²) < 4.78 is 1.80. The maximum atomic E-state index is 11.0. The van der Waals surface area contributed by atoms with Crippen LogP contribution in [-0.4, -0.2) is 20.5 Å². The van der Waals surface area contributed by atoms with Crippen LogP contribution in [0.5, 0.6) is 0 Å². The van der Waals surface area contributed by atoms with Gasteiger partial charge in [-0.1, -0.05) is 13.8 Å². The van der Waals surface area contributed by atoms with Crippen molar-refractivity contribution >= 4 is 11.5 Å². The highest BCUT2D eigenvalue weighted by atomic mass is 16.4. The van der Waals surface area contributed by atoms with Crippen molar-refractivity contribution in [2.24, 2.45) is 0 Å². The van der Waals surface area contributed by atoms with E-state index in [1.54, 1.807) is 11.3 Å². The number of rotatable bonds is 2. The van der Waals surface area contributed by atoms with E-state index in [1.165, 1.54) is 0 Å². The highest BCUT2D eigenvalue weighted by molar-refractivity contribution is 5.93. The van der Waals surface area contributed by atoms with Gasteiger partial charge in [0.05, 0.1) is 5.52 Å². The fourth-order valence-corrected chi connectivity index (χ4v) is 1.77. The lowest BCUT2D eigenvalue weighted by atomic mass is 10.0. The molecule has 2 rings (SSSR count). The van der Waals surface area contributed by atoms with E-state index in [2.05, 4.69) is 18.8 Å². The minimum atomic E-state index is -0.980. The van der Waals surface area contributed by atoms with Crippen LogP contribution >= 0.6 is 0 Å². The zero-order chi connectivity index (χ0) is 11.9. The fourth-order valence-electron chi connectivity index (χ4n) is 1.77. The Morgan fingerprint density at radius 1 is 1.50 bits per heavy atom. The highest BCUT2D eigenvalue weighted by Gasteiger charge is 2.15. The van der Waals surface area contributed by atoms with Crippen molar-refractivity contribution in [3.8, 4) is 0 Å². The van der Waals surface area contributed by atoms with Gasteiger partial charge in [-0.05, 0) is 30.5 Å². The molecule has 0 spiro atoms. The summed E-state index contributed by atoms with van der Waals surface area (Å²) in [5.74, 6) is 0.0936. The van der Waals surface area contributed by atoms with E-state index < -0.39 is 5.97 Å². The summed E-state index contributed by atoms with van der Waals surface area (Å²) in [6.07, 6.45) is 1.87. The molecule has 0 aliphatic heterocycles. The van der Waals surface area contributed by atoms with E-state index in [0.717, 1.165) is 5.56 Å². The number of aryl methyl sites for hydroxylation is 1. The number of nitrogens with zero attached hydrogens (tertiary/aromatic N) is 2. The Morgan fingerprint density at radius 3 is 2.75 bits per heavy atom. The van der Waals surface area contributed by atoms with Crippen LogP contribution < -0.4 is 0 Å². The van der Waals surface area contributed by atoms with Gasteiger partial charge in [-0.25, -0.2) is 9.78 Å². The average Bonchev–Trinajstić information content (AvgIpc) is 2.56. The third kappa shape index (κ3) is 1.56. The Hall–Kier alpha value is -1.84. The largest absolute Gasteiger partial charge is 0.476 e. The number of pyridine rings is 1. The highest BCUT2D eigenvalue weighted by Crippen LogP contribution is 2.20. The smallest absolute Gasteiger partial charge is 0.356 e. The molecule has 0 saturated carbocycles. The van der Waals surface area contributed by atoms with Crippen LogP contribution in [0.2, 0.25) is 0 Å². The van der Waals surface area contributed by atoms with Crippen molar-refractivity contribution in [3.63, 3.8) is 0 Å². The minimum Gasteiger partial charge on any atom is -0.476 e. The first-order chi connectivity index (χ1) is 7.50. The fraction of sp³-hybridized carbons (Fsp3) is 0.333. The third-order valence-corrected chi connectivity index (χ3v) is 2.71. The van der Waals surface area contributed by atoms with Crippen molar-refractivity contribution in [2.75, 3.05) is 0 Å². The molecule has 4 nitrogen and oxygen atoms in total. The average molecular weight is 218 g/mol. The molecule has 0 bridgehead atoms. The van der Waals surface area contributed by atoms with E-state index in [1.807, 2.05) is 18.3 Å². The summed E-state index contributed by atoms with van der Waals surface area (Å²) in [6, 6.07) is 3.89. The summed E-state index contributed by atoms with van der Waals surface area (Å²) >= 11 is 0. The normalized spacial score (nSPS) is 11.2. The molecule has 0 amide bonds. The summed E-state index contributed by atoms with van der Waals surface area (Å²) in [5.41, 5.74) is 1.91. The van der Waals surface area contributed by atoms with Crippen LogP contribution in [0.25, 0.3) is 5.52 Å². The molecule has 0 fully saturated rings. The predicted octanol–water partition coefficient (Wildman–Crippen LogP) is 2.46. The molecule has 0 aromatic carbocycles. The van der Waals surface area contributed by atoms with Crippen LogP contribution in [0.15, 0.2) is 18.3 Å². The molecule has 0 aliphatic carbocycles. The van der Waals surface area contributed by atoms with Gasteiger partial charge in [0.1, 0.15) is 5.82 Å². The topological polar surface area (TPSA) is 54.6 Å². The Balaban J connectivity index is 2.74. The second kappa shape index (κ2) is 3.63. The summed E-state index contributed by atoms with van der Waals surface area (Å²) in [4.78, 5) is 15.1. The van der Waals surface area contributed by atoms with Crippen molar-refractivity contribution in [1.29, 1.82) is 0 Å². The van der Waals surface area contributed by atoms with Gasteiger partial charge in [0, 0.05) is 6.20 Å². The van der Waals surface area contributed by atoms with Gasteiger partial charge < -0.3 is 9.51 Å². The van der Waals surface area contributed by atoms with Gasteiger partial charge in [0.15, 0.2) is 5.69 Å². The first kappa shape index (κ1) is 10.7. The molecule has 0 saturated heterocycles. The van der Waals surface area contributed by atoms with Crippen molar-refractivity contribution in [2.45, 2.75) is 26.7 Å². The third-order valence-electron chi connectivity index (χ3n) is 2.71. The molecular formula is C12H14N2O2. The molecule has 0 radical (unpaired) electrons. The molecule has 2 heterocycles. The molecule has 1 N–H and O–H groups in total. The molecule has 2 aromatic rings. The maximum Gasteiger partial charge on any atom is 0.356 e. The number of fused-ring (bicyclic) bond motifs is 1. The van der Waals surface area contributed by atoms with Crippen molar-refractivity contribution in [1.82, 2.24) is 9.38 Å². The van der Waals surface area contributed by atoms with Crippen LogP contribution in [0.4, 0.5) is 0 Å². The van der Waals surface area contributed by atoms with Gasteiger partial charge in [0.2, 0.25) is 0 Å². The van der Waals surface area contributed by atoms with Gasteiger partial charge in [0.25, 0.3) is 0 Å². The first-order valence-electron chi connectivity index (χ1n) is 5.22. The van der Waals surface area contributed by atoms with E-state index in [-0.39, 0.29) is 5.69 Å². The van der Waals surface area contributed by atoms with Crippen LogP contribution in [0.1, 0.15) is 41.6 Å². The number of hydrogen-bond donors (Lipinski definition) is 1. The number of carbonyl (C=O) groups is 1.